The van der Waals surface area contributed by atoms with Crippen LogP contribution >= 0.6 is 0 Å². The van der Waals surface area contributed by atoms with Gasteiger partial charge in [0.05, 0.1) is 17.1 Å². The molecule has 108 valence electrons. The minimum atomic E-state index is 0.486. The molecule has 2 aromatic carbocycles. The molecule has 0 bridgehead atoms. The first kappa shape index (κ1) is 13.0. The van der Waals surface area contributed by atoms with Crippen LogP contribution in [0.4, 0.5) is 5.82 Å². The summed E-state index contributed by atoms with van der Waals surface area (Å²) in [6.07, 6.45) is 2.33. The van der Waals surface area contributed by atoms with Gasteiger partial charge in [0.2, 0.25) is 0 Å². The van der Waals surface area contributed by atoms with Gasteiger partial charge in [-0.1, -0.05) is 60.7 Å². The van der Waals surface area contributed by atoms with Crippen LogP contribution in [0.3, 0.4) is 0 Å². The average molecular weight is 287 g/mol. The Hall–Kier alpha value is -2.68. The fourth-order valence-corrected chi connectivity index (χ4v) is 2.71. The van der Waals surface area contributed by atoms with Crippen LogP contribution in [0.5, 0.6) is 0 Å². The second-order valence-electron chi connectivity index (χ2n) is 5.70. The summed E-state index contributed by atoms with van der Waals surface area (Å²) in [5.74, 6) is 1.06. The molecule has 0 spiro atoms. The molecule has 3 aromatic rings. The van der Waals surface area contributed by atoms with Gasteiger partial charge in [0, 0.05) is 17.0 Å². The van der Waals surface area contributed by atoms with E-state index in [0.717, 1.165) is 41.1 Å². The molecular weight excluding hydrogens is 270 g/mol. The highest BCUT2D eigenvalue weighted by Crippen LogP contribution is 2.43. The molecule has 2 N–H and O–H groups in total. The third-order valence-electron chi connectivity index (χ3n) is 4.01. The Morgan fingerprint density at radius 1 is 0.727 bits per heavy atom. The summed E-state index contributed by atoms with van der Waals surface area (Å²) in [4.78, 5) is 9.59. The molecule has 0 aliphatic heterocycles. The molecule has 4 rings (SSSR count). The lowest BCUT2D eigenvalue weighted by Crippen LogP contribution is -2.04. The van der Waals surface area contributed by atoms with Gasteiger partial charge in [0.1, 0.15) is 5.82 Å². The lowest BCUT2D eigenvalue weighted by molar-refractivity contribution is 1.00. The molecule has 1 aliphatic rings. The van der Waals surface area contributed by atoms with E-state index in [1.54, 1.807) is 0 Å². The number of nitrogen functional groups attached to an aromatic ring is 1. The maximum atomic E-state index is 6.17. The molecule has 1 heterocycles. The van der Waals surface area contributed by atoms with Crippen molar-refractivity contribution in [1.82, 2.24) is 9.97 Å². The largest absolute Gasteiger partial charge is 0.382 e. The van der Waals surface area contributed by atoms with Gasteiger partial charge in [0.15, 0.2) is 0 Å². The molecule has 0 atom stereocenters. The van der Waals surface area contributed by atoms with Gasteiger partial charge in [-0.15, -0.1) is 0 Å². The monoisotopic (exact) mass is 287 g/mol. The predicted octanol–water partition coefficient (Wildman–Crippen LogP) is 4.27. The maximum absolute atomic E-state index is 6.17. The van der Waals surface area contributed by atoms with Gasteiger partial charge in [0.25, 0.3) is 0 Å². The molecule has 0 saturated heterocycles. The first-order valence-electron chi connectivity index (χ1n) is 7.61. The number of hydrogen-bond donors (Lipinski definition) is 1. The highest BCUT2D eigenvalue weighted by molar-refractivity contribution is 5.79. The fourth-order valence-electron chi connectivity index (χ4n) is 2.71. The number of rotatable bonds is 3. The quantitative estimate of drug-likeness (QED) is 0.782. The number of nitrogens with zero attached hydrogens (tertiary/aromatic N) is 2. The van der Waals surface area contributed by atoms with E-state index in [0.29, 0.717) is 11.7 Å². The fraction of sp³-hybridized carbons (Fsp3) is 0.158. The minimum absolute atomic E-state index is 0.486. The smallest absolute Gasteiger partial charge is 0.146 e. The van der Waals surface area contributed by atoms with E-state index in [4.69, 9.17) is 15.7 Å². The molecule has 1 aromatic heterocycles. The predicted molar refractivity (Wildman–Crippen MR) is 89.3 cm³/mol. The van der Waals surface area contributed by atoms with Crippen LogP contribution in [0.15, 0.2) is 60.7 Å². The van der Waals surface area contributed by atoms with Crippen LogP contribution in [0.2, 0.25) is 0 Å². The van der Waals surface area contributed by atoms with Gasteiger partial charge in [-0.2, -0.15) is 0 Å². The normalized spacial score (nSPS) is 14.0. The van der Waals surface area contributed by atoms with Crippen LogP contribution in [-0.4, -0.2) is 9.97 Å². The highest BCUT2D eigenvalue weighted by atomic mass is 14.9. The summed E-state index contributed by atoms with van der Waals surface area (Å²) in [7, 11) is 0. The van der Waals surface area contributed by atoms with E-state index in [2.05, 4.69) is 12.1 Å². The minimum Gasteiger partial charge on any atom is -0.382 e. The Bertz CT molecular complexity index is 794. The van der Waals surface area contributed by atoms with E-state index < -0.39 is 0 Å². The summed E-state index contributed by atoms with van der Waals surface area (Å²) in [5.41, 5.74) is 11.0. The van der Waals surface area contributed by atoms with Crippen LogP contribution < -0.4 is 5.73 Å². The van der Waals surface area contributed by atoms with Gasteiger partial charge < -0.3 is 5.73 Å². The van der Waals surface area contributed by atoms with Crippen molar-refractivity contribution >= 4 is 5.82 Å². The van der Waals surface area contributed by atoms with Crippen molar-refractivity contribution in [1.29, 1.82) is 0 Å². The number of anilines is 1. The molecule has 22 heavy (non-hydrogen) atoms. The third-order valence-corrected chi connectivity index (χ3v) is 4.01. The number of aromatic nitrogens is 2. The van der Waals surface area contributed by atoms with Crippen LogP contribution in [0.25, 0.3) is 22.5 Å². The van der Waals surface area contributed by atoms with E-state index in [-0.39, 0.29) is 0 Å². The maximum Gasteiger partial charge on any atom is 0.146 e. The lowest BCUT2D eigenvalue weighted by Gasteiger charge is -2.12. The van der Waals surface area contributed by atoms with Gasteiger partial charge >= 0.3 is 0 Å². The summed E-state index contributed by atoms with van der Waals surface area (Å²) >= 11 is 0. The number of hydrogen-bond acceptors (Lipinski definition) is 3. The molecule has 1 saturated carbocycles. The topological polar surface area (TPSA) is 51.8 Å². The molecule has 1 aliphatic carbocycles. The van der Waals surface area contributed by atoms with Crippen LogP contribution in [0, 0.1) is 0 Å². The van der Waals surface area contributed by atoms with Crippen molar-refractivity contribution in [3.63, 3.8) is 0 Å². The Morgan fingerprint density at radius 2 is 1.23 bits per heavy atom. The molecule has 0 radical (unpaired) electrons. The first-order valence-corrected chi connectivity index (χ1v) is 7.61. The summed E-state index contributed by atoms with van der Waals surface area (Å²) < 4.78 is 0. The summed E-state index contributed by atoms with van der Waals surface area (Å²) in [6.45, 7) is 0. The van der Waals surface area contributed by atoms with E-state index >= 15 is 0 Å². The number of nitrogens with two attached hydrogens (primary N) is 1. The zero-order valence-corrected chi connectivity index (χ0v) is 12.2. The Balaban J connectivity index is 1.94. The SMILES string of the molecule is Nc1nc(-c2ccccc2)c(-c2ccccc2)nc1C1CC1. The third kappa shape index (κ3) is 2.35. The van der Waals surface area contributed by atoms with Crippen molar-refractivity contribution in [2.45, 2.75) is 18.8 Å². The van der Waals surface area contributed by atoms with Crippen molar-refractivity contribution < 1.29 is 0 Å². The van der Waals surface area contributed by atoms with Gasteiger partial charge in [-0.3, -0.25) is 0 Å². The van der Waals surface area contributed by atoms with Crippen LogP contribution in [0.1, 0.15) is 24.5 Å². The average Bonchev–Trinajstić information content (AvgIpc) is 3.41. The van der Waals surface area contributed by atoms with E-state index in [9.17, 15) is 0 Å². The van der Waals surface area contributed by atoms with Crippen molar-refractivity contribution in [2.75, 3.05) is 5.73 Å². The molecule has 1 fully saturated rings. The molecule has 0 unspecified atom stereocenters. The van der Waals surface area contributed by atoms with Gasteiger partial charge in [-0.25, -0.2) is 9.97 Å². The van der Waals surface area contributed by atoms with Gasteiger partial charge in [-0.05, 0) is 12.8 Å². The Morgan fingerprint density at radius 3 is 1.73 bits per heavy atom. The summed E-state index contributed by atoms with van der Waals surface area (Å²) in [5, 5.41) is 0. The standard InChI is InChI=1S/C19H17N3/c20-19-18(15-11-12-15)21-16(13-7-3-1-4-8-13)17(22-19)14-9-5-2-6-10-14/h1-10,15H,11-12H2,(H2,20,22). The van der Waals surface area contributed by atoms with Crippen molar-refractivity contribution in [3.05, 3.63) is 66.4 Å². The molecular formula is C19H17N3. The Kier molecular flexibility index (Phi) is 3.11. The van der Waals surface area contributed by atoms with E-state index in [1.165, 1.54) is 0 Å². The Labute approximate surface area is 129 Å². The van der Waals surface area contributed by atoms with E-state index in [1.807, 2.05) is 48.5 Å². The molecule has 3 nitrogen and oxygen atoms in total. The number of benzene rings is 2. The van der Waals surface area contributed by atoms with Crippen molar-refractivity contribution in [3.8, 4) is 22.5 Å². The highest BCUT2D eigenvalue weighted by Gasteiger charge is 2.29. The zero-order chi connectivity index (χ0) is 14.9. The van der Waals surface area contributed by atoms with Crippen molar-refractivity contribution in [2.24, 2.45) is 0 Å². The second kappa shape index (κ2) is 5.26. The summed E-state index contributed by atoms with van der Waals surface area (Å²) in [6, 6.07) is 20.3. The lowest BCUT2D eigenvalue weighted by atomic mass is 10.0. The second-order valence-corrected chi connectivity index (χ2v) is 5.70. The molecule has 3 heteroatoms. The zero-order valence-electron chi connectivity index (χ0n) is 12.2. The van der Waals surface area contributed by atoms with Crippen LogP contribution in [-0.2, 0) is 0 Å². The molecule has 0 amide bonds. The first-order chi connectivity index (χ1) is 10.8.